The van der Waals surface area contributed by atoms with Crippen LogP contribution in [0.2, 0.25) is 5.02 Å². The number of hydrogen-bond donors (Lipinski definition) is 0. The maximum Gasteiger partial charge on any atom is 0.235 e. The van der Waals surface area contributed by atoms with E-state index in [1.807, 2.05) is 6.92 Å². The summed E-state index contributed by atoms with van der Waals surface area (Å²) in [5, 5.41) is 0.550. The predicted molar refractivity (Wildman–Crippen MR) is 101 cm³/mol. The molecule has 2 saturated carbocycles. The molecule has 6 unspecified atom stereocenters. The smallest absolute Gasteiger partial charge is 0.235 e. The normalized spacial score (nSPS) is 35.3. The summed E-state index contributed by atoms with van der Waals surface area (Å²) in [5.74, 6) is 0.543. The van der Waals surface area contributed by atoms with Crippen LogP contribution in [0.25, 0.3) is 0 Å². The van der Waals surface area contributed by atoms with Crippen LogP contribution in [0.15, 0.2) is 30.4 Å². The van der Waals surface area contributed by atoms with Crippen LogP contribution in [0.3, 0.4) is 0 Å². The third-order valence-electron chi connectivity index (χ3n) is 6.95. The summed E-state index contributed by atoms with van der Waals surface area (Å²) < 4.78 is 0. The van der Waals surface area contributed by atoms with Crippen molar-refractivity contribution in [3.8, 4) is 0 Å². The SMILES string of the molecule is CC(=O)N(CN1C(=O)C2C3C=CC(C4CC34)C2C1=O)c1cccc(Cl)c1C. The maximum absolute atomic E-state index is 13.2. The van der Waals surface area contributed by atoms with E-state index in [1.54, 1.807) is 18.2 Å². The van der Waals surface area contributed by atoms with Crippen LogP contribution >= 0.6 is 11.6 Å². The first-order valence-electron chi connectivity index (χ1n) is 9.47. The lowest BCUT2D eigenvalue weighted by Crippen LogP contribution is -2.44. The number of amides is 3. The molecule has 2 bridgehead atoms. The molecule has 6 atom stereocenters. The molecule has 3 fully saturated rings. The fourth-order valence-corrected chi connectivity index (χ4v) is 5.70. The van der Waals surface area contributed by atoms with Crippen LogP contribution in [0.4, 0.5) is 5.69 Å². The minimum Gasteiger partial charge on any atom is -0.294 e. The Balaban J connectivity index is 1.47. The number of likely N-dealkylation sites (tertiary alicyclic amines) is 1. The largest absolute Gasteiger partial charge is 0.294 e. The Hall–Kier alpha value is -2.14. The van der Waals surface area contributed by atoms with Crippen molar-refractivity contribution in [1.82, 2.24) is 4.90 Å². The van der Waals surface area contributed by atoms with Gasteiger partial charge < -0.3 is 0 Å². The zero-order chi connectivity index (χ0) is 19.0. The van der Waals surface area contributed by atoms with Crippen molar-refractivity contribution in [2.75, 3.05) is 11.6 Å². The summed E-state index contributed by atoms with van der Waals surface area (Å²) in [6, 6.07) is 5.32. The van der Waals surface area contributed by atoms with E-state index in [4.69, 9.17) is 11.6 Å². The van der Waals surface area contributed by atoms with Gasteiger partial charge in [-0.05, 0) is 54.7 Å². The standard InChI is InChI=1S/C21H21ClN2O3/c1-10-16(22)4-3-5-17(10)23(11(2)25)9-24-20(26)18-12-6-7-13(15-8-14(12)15)19(18)21(24)27/h3-7,12-15,18-19H,8-9H2,1-2H3. The van der Waals surface area contributed by atoms with E-state index in [0.29, 0.717) is 22.5 Å². The molecule has 1 aromatic rings. The second-order valence-corrected chi connectivity index (χ2v) is 8.64. The molecule has 1 heterocycles. The highest BCUT2D eigenvalue weighted by Gasteiger charge is 2.67. The predicted octanol–water partition coefficient (Wildman–Crippen LogP) is 3.01. The molecular formula is C21H21ClN2O3. The lowest BCUT2D eigenvalue weighted by atomic mass is 9.63. The summed E-state index contributed by atoms with van der Waals surface area (Å²) in [7, 11) is 0. The number of allylic oxidation sites excluding steroid dienone is 2. The van der Waals surface area contributed by atoms with Crippen molar-refractivity contribution < 1.29 is 14.4 Å². The van der Waals surface area contributed by atoms with E-state index in [-0.39, 0.29) is 48.1 Å². The Bertz CT molecular complexity index is 875. The molecule has 3 amide bonds. The van der Waals surface area contributed by atoms with Gasteiger partial charge >= 0.3 is 0 Å². The van der Waals surface area contributed by atoms with Gasteiger partial charge in [-0.2, -0.15) is 0 Å². The Morgan fingerprint density at radius 3 is 2.30 bits per heavy atom. The van der Waals surface area contributed by atoms with Gasteiger partial charge in [-0.1, -0.05) is 29.8 Å². The second-order valence-electron chi connectivity index (χ2n) is 8.23. The molecule has 1 aliphatic heterocycles. The van der Waals surface area contributed by atoms with E-state index in [1.165, 1.54) is 16.7 Å². The van der Waals surface area contributed by atoms with Gasteiger partial charge in [0.15, 0.2) is 0 Å². The molecule has 1 aromatic carbocycles. The van der Waals surface area contributed by atoms with Gasteiger partial charge in [-0.3, -0.25) is 24.2 Å². The fraction of sp³-hybridized carbons (Fsp3) is 0.476. The topological polar surface area (TPSA) is 57.7 Å². The number of rotatable bonds is 3. The zero-order valence-corrected chi connectivity index (χ0v) is 16.0. The molecule has 140 valence electrons. The quantitative estimate of drug-likeness (QED) is 0.594. The fourth-order valence-electron chi connectivity index (χ4n) is 5.53. The van der Waals surface area contributed by atoms with Crippen molar-refractivity contribution >= 4 is 35.0 Å². The minimum absolute atomic E-state index is 0.0457. The van der Waals surface area contributed by atoms with Crippen LogP contribution in [0, 0.1) is 42.4 Å². The van der Waals surface area contributed by atoms with E-state index in [0.717, 1.165) is 12.0 Å². The lowest BCUT2D eigenvalue weighted by molar-refractivity contribution is -0.140. The van der Waals surface area contributed by atoms with Crippen LogP contribution < -0.4 is 4.90 Å². The zero-order valence-electron chi connectivity index (χ0n) is 15.3. The van der Waals surface area contributed by atoms with Gasteiger partial charge in [-0.25, -0.2) is 0 Å². The number of hydrogen-bond acceptors (Lipinski definition) is 3. The van der Waals surface area contributed by atoms with Gasteiger partial charge in [-0.15, -0.1) is 0 Å². The highest BCUT2D eigenvalue weighted by atomic mass is 35.5. The second kappa shape index (κ2) is 5.68. The summed E-state index contributed by atoms with van der Waals surface area (Å²) in [5.41, 5.74) is 1.39. The molecule has 6 heteroatoms. The van der Waals surface area contributed by atoms with Crippen molar-refractivity contribution in [1.29, 1.82) is 0 Å². The van der Waals surface area contributed by atoms with E-state index >= 15 is 0 Å². The summed E-state index contributed by atoms with van der Waals surface area (Å²) >= 11 is 6.21. The first-order chi connectivity index (χ1) is 12.9. The maximum atomic E-state index is 13.2. The number of carbonyl (C=O) groups excluding carboxylic acids is 3. The van der Waals surface area contributed by atoms with Gasteiger partial charge in [0.25, 0.3) is 0 Å². The molecule has 0 N–H and O–H groups in total. The van der Waals surface area contributed by atoms with Crippen LogP contribution in [0.5, 0.6) is 0 Å². The van der Waals surface area contributed by atoms with Gasteiger partial charge in [0.05, 0.1) is 11.8 Å². The molecule has 0 spiro atoms. The summed E-state index contributed by atoms with van der Waals surface area (Å²) in [6.07, 6.45) is 5.44. The highest BCUT2D eigenvalue weighted by Crippen LogP contribution is 2.65. The molecule has 0 radical (unpaired) electrons. The van der Waals surface area contributed by atoms with Crippen LogP contribution in [0.1, 0.15) is 18.9 Å². The van der Waals surface area contributed by atoms with Crippen molar-refractivity contribution in [3.05, 3.63) is 40.9 Å². The highest BCUT2D eigenvalue weighted by molar-refractivity contribution is 6.31. The molecule has 6 rings (SSSR count). The van der Waals surface area contributed by atoms with Crippen molar-refractivity contribution in [3.63, 3.8) is 0 Å². The lowest BCUT2D eigenvalue weighted by Gasteiger charge is -2.37. The number of anilines is 1. The number of halogens is 1. The number of nitrogens with zero attached hydrogens (tertiary/aromatic N) is 2. The van der Waals surface area contributed by atoms with Gasteiger partial charge in [0, 0.05) is 17.6 Å². The number of carbonyl (C=O) groups is 3. The molecular weight excluding hydrogens is 364 g/mol. The Labute approximate surface area is 163 Å². The Morgan fingerprint density at radius 1 is 1.15 bits per heavy atom. The van der Waals surface area contributed by atoms with Gasteiger partial charge in [0.2, 0.25) is 17.7 Å². The third-order valence-corrected chi connectivity index (χ3v) is 7.36. The molecule has 5 nitrogen and oxygen atoms in total. The van der Waals surface area contributed by atoms with E-state index in [9.17, 15) is 14.4 Å². The minimum atomic E-state index is -0.245. The molecule has 5 aliphatic rings. The molecule has 27 heavy (non-hydrogen) atoms. The molecule has 4 aliphatic carbocycles. The average Bonchev–Trinajstić information content (AvgIpc) is 3.42. The van der Waals surface area contributed by atoms with Crippen molar-refractivity contribution in [2.24, 2.45) is 35.5 Å². The first kappa shape index (κ1) is 17.0. The first-order valence-corrected chi connectivity index (χ1v) is 9.84. The van der Waals surface area contributed by atoms with Gasteiger partial charge in [0.1, 0.15) is 6.67 Å². The number of imide groups is 1. The van der Waals surface area contributed by atoms with E-state index < -0.39 is 0 Å². The van der Waals surface area contributed by atoms with Crippen LogP contribution in [-0.4, -0.2) is 29.3 Å². The number of benzene rings is 1. The Kier molecular flexibility index (Phi) is 3.57. The summed E-state index contributed by atoms with van der Waals surface area (Å²) in [6.45, 7) is 3.23. The summed E-state index contributed by atoms with van der Waals surface area (Å²) in [4.78, 5) is 41.4. The monoisotopic (exact) mass is 384 g/mol. The molecule has 1 saturated heterocycles. The Morgan fingerprint density at radius 2 is 1.74 bits per heavy atom. The van der Waals surface area contributed by atoms with E-state index in [2.05, 4.69) is 12.2 Å². The van der Waals surface area contributed by atoms with Crippen LogP contribution in [-0.2, 0) is 14.4 Å². The molecule has 0 aromatic heterocycles. The average molecular weight is 385 g/mol. The third kappa shape index (κ3) is 2.27. The van der Waals surface area contributed by atoms with Crippen molar-refractivity contribution in [2.45, 2.75) is 20.3 Å².